The first kappa shape index (κ1) is 8.31. The molecule has 2 heterocycles. The molecule has 70 valence electrons. The second-order valence-electron chi connectivity index (χ2n) is 3.02. The minimum atomic E-state index is 0.143. The molecule has 2 rings (SSSR count). The quantitative estimate of drug-likeness (QED) is 0.732. The van der Waals surface area contributed by atoms with Crippen molar-refractivity contribution in [2.45, 2.75) is 12.5 Å². The Morgan fingerprint density at radius 3 is 3.23 bits per heavy atom. The number of nitrogens with zero attached hydrogens (tertiary/aromatic N) is 1. The number of aromatic nitrogens is 1. The normalized spacial score (nSPS) is 21.7. The number of hydrogen-bond acceptors (Lipinski definition) is 4. The molecule has 1 aromatic heterocycles. The maximum absolute atomic E-state index is 5.67. The van der Waals surface area contributed by atoms with Crippen molar-refractivity contribution in [2.24, 2.45) is 0 Å². The van der Waals surface area contributed by atoms with Crippen LogP contribution in [0, 0.1) is 0 Å². The van der Waals surface area contributed by atoms with Crippen molar-refractivity contribution < 1.29 is 9.47 Å². The highest BCUT2D eigenvalue weighted by atomic mass is 16.5. The van der Waals surface area contributed by atoms with Gasteiger partial charge in [-0.1, -0.05) is 0 Å². The van der Waals surface area contributed by atoms with Crippen molar-refractivity contribution in [2.75, 3.05) is 18.9 Å². The van der Waals surface area contributed by atoms with Crippen LogP contribution in [0.2, 0.25) is 0 Å². The van der Waals surface area contributed by atoms with Crippen molar-refractivity contribution in [1.82, 2.24) is 4.98 Å². The van der Waals surface area contributed by atoms with Gasteiger partial charge in [0.25, 0.3) is 0 Å². The molecular formula is C9H12N2O2. The Morgan fingerprint density at radius 1 is 1.62 bits per heavy atom. The van der Waals surface area contributed by atoms with Crippen molar-refractivity contribution in [1.29, 1.82) is 0 Å². The first-order valence-corrected chi connectivity index (χ1v) is 4.30. The van der Waals surface area contributed by atoms with Gasteiger partial charge in [-0.25, -0.2) is 0 Å². The third-order valence-electron chi connectivity index (χ3n) is 1.99. The standard InChI is InChI=1S/C9H12N2O2/c10-8-5-11-3-1-9(8)13-7-2-4-12-6-7/h1,3,5,7H,2,4,6,10H2/t7-/m0/s1. The van der Waals surface area contributed by atoms with Crippen LogP contribution in [0.3, 0.4) is 0 Å². The monoisotopic (exact) mass is 180 g/mol. The fourth-order valence-corrected chi connectivity index (χ4v) is 1.29. The second-order valence-corrected chi connectivity index (χ2v) is 3.02. The van der Waals surface area contributed by atoms with Gasteiger partial charge in [-0.3, -0.25) is 4.98 Å². The van der Waals surface area contributed by atoms with Crippen LogP contribution in [0.25, 0.3) is 0 Å². The summed E-state index contributed by atoms with van der Waals surface area (Å²) in [6, 6.07) is 1.77. The molecule has 0 unspecified atom stereocenters. The average Bonchev–Trinajstić information content (AvgIpc) is 2.61. The van der Waals surface area contributed by atoms with Gasteiger partial charge in [-0.2, -0.15) is 0 Å². The Balaban J connectivity index is 2.04. The Kier molecular flexibility index (Phi) is 2.31. The summed E-state index contributed by atoms with van der Waals surface area (Å²) in [4.78, 5) is 3.88. The van der Waals surface area contributed by atoms with E-state index < -0.39 is 0 Å². The fraction of sp³-hybridized carbons (Fsp3) is 0.444. The zero-order valence-corrected chi connectivity index (χ0v) is 7.27. The van der Waals surface area contributed by atoms with Gasteiger partial charge in [0.1, 0.15) is 11.9 Å². The molecule has 4 heteroatoms. The van der Waals surface area contributed by atoms with Gasteiger partial charge in [-0.05, 0) is 0 Å². The van der Waals surface area contributed by atoms with E-state index in [1.165, 1.54) is 0 Å². The predicted molar refractivity (Wildman–Crippen MR) is 48.5 cm³/mol. The van der Waals surface area contributed by atoms with Crippen LogP contribution in [0.4, 0.5) is 5.69 Å². The van der Waals surface area contributed by atoms with E-state index in [1.807, 2.05) is 0 Å². The van der Waals surface area contributed by atoms with Crippen molar-refractivity contribution in [3.05, 3.63) is 18.5 Å². The Hall–Kier alpha value is -1.29. The van der Waals surface area contributed by atoms with E-state index >= 15 is 0 Å². The highest BCUT2D eigenvalue weighted by Crippen LogP contribution is 2.22. The average molecular weight is 180 g/mol. The maximum Gasteiger partial charge on any atom is 0.145 e. The predicted octanol–water partition coefficient (Wildman–Crippen LogP) is 0.832. The zero-order valence-electron chi connectivity index (χ0n) is 7.27. The van der Waals surface area contributed by atoms with E-state index in [9.17, 15) is 0 Å². The number of nitrogen functional groups attached to an aromatic ring is 1. The van der Waals surface area contributed by atoms with Gasteiger partial charge < -0.3 is 15.2 Å². The molecule has 2 N–H and O–H groups in total. The third-order valence-corrected chi connectivity index (χ3v) is 1.99. The lowest BCUT2D eigenvalue weighted by atomic mass is 10.3. The summed E-state index contributed by atoms with van der Waals surface area (Å²) in [6.45, 7) is 1.43. The molecule has 1 saturated heterocycles. The number of anilines is 1. The Labute approximate surface area is 76.7 Å². The molecule has 1 fully saturated rings. The first-order valence-electron chi connectivity index (χ1n) is 4.30. The van der Waals surface area contributed by atoms with E-state index in [1.54, 1.807) is 18.5 Å². The molecule has 13 heavy (non-hydrogen) atoms. The lowest BCUT2D eigenvalue weighted by Crippen LogP contribution is -2.16. The molecule has 0 saturated carbocycles. The largest absolute Gasteiger partial charge is 0.486 e. The van der Waals surface area contributed by atoms with Gasteiger partial charge in [0.15, 0.2) is 0 Å². The molecule has 0 amide bonds. The van der Waals surface area contributed by atoms with Crippen LogP contribution in [0.5, 0.6) is 5.75 Å². The van der Waals surface area contributed by atoms with E-state index in [2.05, 4.69) is 4.98 Å². The topological polar surface area (TPSA) is 57.4 Å². The second kappa shape index (κ2) is 3.62. The van der Waals surface area contributed by atoms with Crippen molar-refractivity contribution in [3.8, 4) is 5.75 Å². The van der Waals surface area contributed by atoms with E-state index in [0.717, 1.165) is 13.0 Å². The lowest BCUT2D eigenvalue weighted by molar-refractivity contribution is 0.142. The molecule has 1 atom stereocenters. The maximum atomic E-state index is 5.67. The highest BCUT2D eigenvalue weighted by molar-refractivity contribution is 5.49. The van der Waals surface area contributed by atoms with Gasteiger partial charge in [0.2, 0.25) is 0 Å². The van der Waals surface area contributed by atoms with Gasteiger partial charge >= 0.3 is 0 Å². The van der Waals surface area contributed by atoms with Gasteiger partial charge in [0.05, 0.1) is 25.1 Å². The van der Waals surface area contributed by atoms with Crippen LogP contribution in [0.1, 0.15) is 6.42 Å². The SMILES string of the molecule is Nc1cnccc1O[C@H]1CCOC1. The van der Waals surface area contributed by atoms with E-state index in [-0.39, 0.29) is 6.10 Å². The lowest BCUT2D eigenvalue weighted by Gasteiger charge is -2.12. The number of nitrogens with two attached hydrogens (primary N) is 1. The summed E-state index contributed by atoms with van der Waals surface area (Å²) in [7, 11) is 0. The molecule has 0 bridgehead atoms. The molecule has 4 nitrogen and oxygen atoms in total. The highest BCUT2D eigenvalue weighted by Gasteiger charge is 2.17. The molecule has 0 spiro atoms. The molecule has 0 aliphatic carbocycles. The summed E-state index contributed by atoms with van der Waals surface area (Å²) in [5, 5.41) is 0. The van der Waals surface area contributed by atoms with Crippen LogP contribution < -0.4 is 10.5 Å². The van der Waals surface area contributed by atoms with Gasteiger partial charge in [-0.15, -0.1) is 0 Å². The number of pyridine rings is 1. The zero-order chi connectivity index (χ0) is 9.10. The summed E-state index contributed by atoms with van der Waals surface area (Å²) >= 11 is 0. The summed E-state index contributed by atoms with van der Waals surface area (Å²) < 4.78 is 10.8. The van der Waals surface area contributed by atoms with Crippen molar-refractivity contribution in [3.63, 3.8) is 0 Å². The number of hydrogen-bond donors (Lipinski definition) is 1. The van der Waals surface area contributed by atoms with Crippen LogP contribution in [0.15, 0.2) is 18.5 Å². The Morgan fingerprint density at radius 2 is 2.54 bits per heavy atom. The number of rotatable bonds is 2. The molecular weight excluding hydrogens is 168 g/mol. The minimum absolute atomic E-state index is 0.143. The van der Waals surface area contributed by atoms with Crippen molar-refractivity contribution >= 4 is 5.69 Å². The third kappa shape index (κ3) is 1.89. The summed E-state index contributed by atoms with van der Waals surface area (Å²) in [5.41, 5.74) is 6.25. The fourth-order valence-electron chi connectivity index (χ4n) is 1.29. The van der Waals surface area contributed by atoms with Gasteiger partial charge in [0, 0.05) is 18.7 Å². The minimum Gasteiger partial charge on any atom is -0.486 e. The van der Waals surface area contributed by atoms with Crippen LogP contribution in [-0.4, -0.2) is 24.3 Å². The molecule has 1 aromatic rings. The Bertz CT molecular complexity index is 285. The van der Waals surface area contributed by atoms with Crippen LogP contribution in [-0.2, 0) is 4.74 Å². The smallest absolute Gasteiger partial charge is 0.145 e. The number of ether oxygens (including phenoxy) is 2. The van der Waals surface area contributed by atoms with E-state index in [0.29, 0.717) is 18.0 Å². The molecule has 0 radical (unpaired) electrons. The summed E-state index contributed by atoms with van der Waals surface area (Å²) in [5.74, 6) is 0.700. The molecule has 1 aliphatic heterocycles. The van der Waals surface area contributed by atoms with E-state index in [4.69, 9.17) is 15.2 Å². The van der Waals surface area contributed by atoms with Crippen LogP contribution >= 0.6 is 0 Å². The first-order chi connectivity index (χ1) is 6.36. The molecule has 1 aliphatic rings. The molecule has 0 aromatic carbocycles. The summed E-state index contributed by atoms with van der Waals surface area (Å²) in [6.07, 6.45) is 4.33.